The molecule has 0 aliphatic carbocycles. The molecule has 0 unspecified atom stereocenters. The predicted molar refractivity (Wildman–Crippen MR) is 102 cm³/mol. The Morgan fingerprint density at radius 1 is 1.24 bits per heavy atom. The highest BCUT2D eigenvalue weighted by Crippen LogP contribution is 2.25. The molecule has 126 valence electrons. The topological polar surface area (TPSA) is 58.7 Å². The third-order valence-corrected chi connectivity index (χ3v) is 5.06. The van der Waals surface area contributed by atoms with E-state index in [1.165, 1.54) is 11.8 Å². The van der Waals surface area contributed by atoms with Crippen LogP contribution in [0.5, 0.6) is 0 Å². The maximum atomic E-state index is 12.8. The molecule has 0 spiro atoms. The van der Waals surface area contributed by atoms with Crippen LogP contribution in [0, 0.1) is 11.3 Å². The molecule has 0 aliphatic heterocycles. The van der Waals surface area contributed by atoms with Crippen LogP contribution in [-0.2, 0) is 5.75 Å². The summed E-state index contributed by atoms with van der Waals surface area (Å²) < 4.78 is 1.71. The minimum Gasteiger partial charge on any atom is -0.285 e. The third kappa shape index (κ3) is 3.71. The van der Waals surface area contributed by atoms with E-state index in [0.29, 0.717) is 32.4 Å². The zero-order chi connectivity index (χ0) is 18.0. The molecule has 0 aliphatic rings. The van der Waals surface area contributed by atoms with Gasteiger partial charge in [-0.05, 0) is 49.7 Å². The van der Waals surface area contributed by atoms with E-state index in [1.807, 2.05) is 26.0 Å². The normalized spacial score (nSPS) is 11.0. The van der Waals surface area contributed by atoms with Gasteiger partial charge in [0.2, 0.25) is 0 Å². The van der Waals surface area contributed by atoms with Gasteiger partial charge in [0.05, 0.1) is 22.5 Å². The van der Waals surface area contributed by atoms with Crippen LogP contribution in [0.4, 0.5) is 0 Å². The van der Waals surface area contributed by atoms with Gasteiger partial charge >= 0.3 is 0 Å². The van der Waals surface area contributed by atoms with Crippen molar-refractivity contribution >= 4 is 34.3 Å². The van der Waals surface area contributed by atoms with Gasteiger partial charge in [-0.1, -0.05) is 35.5 Å². The number of hydrogen-bond acceptors (Lipinski definition) is 4. The van der Waals surface area contributed by atoms with Crippen LogP contribution >= 0.6 is 23.4 Å². The Kier molecular flexibility index (Phi) is 5.12. The van der Waals surface area contributed by atoms with Crippen molar-refractivity contribution in [2.75, 3.05) is 0 Å². The number of halogens is 1. The highest BCUT2D eigenvalue weighted by atomic mass is 35.5. The summed E-state index contributed by atoms with van der Waals surface area (Å²) in [6.07, 6.45) is 0. The van der Waals surface area contributed by atoms with Crippen LogP contribution in [0.3, 0.4) is 0 Å². The monoisotopic (exact) mass is 369 g/mol. The molecule has 25 heavy (non-hydrogen) atoms. The van der Waals surface area contributed by atoms with Gasteiger partial charge in [0.1, 0.15) is 0 Å². The van der Waals surface area contributed by atoms with E-state index in [1.54, 1.807) is 34.9 Å². The summed E-state index contributed by atoms with van der Waals surface area (Å²) in [5, 5.41) is 10.7. The van der Waals surface area contributed by atoms with E-state index in [9.17, 15) is 4.79 Å². The van der Waals surface area contributed by atoms with Crippen molar-refractivity contribution in [3.05, 3.63) is 69.0 Å². The molecule has 6 heteroatoms. The Morgan fingerprint density at radius 3 is 2.60 bits per heavy atom. The van der Waals surface area contributed by atoms with Gasteiger partial charge in [-0.25, -0.2) is 4.98 Å². The largest absolute Gasteiger partial charge is 0.285 e. The number of hydrogen-bond donors (Lipinski definition) is 0. The number of benzene rings is 2. The van der Waals surface area contributed by atoms with Crippen LogP contribution in [0.1, 0.15) is 31.0 Å². The molecule has 3 rings (SSSR count). The van der Waals surface area contributed by atoms with E-state index in [4.69, 9.17) is 16.9 Å². The summed E-state index contributed by atoms with van der Waals surface area (Å²) in [6, 6.07) is 14.7. The maximum absolute atomic E-state index is 12.8. The first-order valence-electron chi connectivity index (χ1n) is 7.83. The molecule has 2 aromatic carbocycles. The molecule has 0 N–H and O–H groups in total. The second kappa shape index (κ2) is 7.30. The van der Waals surface area contributed by atoms with Crippen molar-refractivity contribution in [2.45, 2.75) is 30.8 Å². The smallest absolute Gasteiger partial charge is 0.262 e. The molecule has 1 aromatic heterocycles. The average Bonchev–Trinajstić information content (AvgIpc) is 2.59. The van der Waals surface area contributed by atoms with Crippen LogP contribution < -0.4 is 5.56 Å². The van der Waals surface area contributed by atoms with E-state index in [-0.39, 0.29) is 11.6 Å². The number of aromatic nitrogens is 2. The van der Waals surface area contributed by atoms with Crippen molar-refractivity contribution in [3.63, 3.8) is 0 Å². The van der Waals surface area contributed by atoms with E-state index >= 15 is 0 Å². The number of thioether (sulfide) groups is 1. The van der Waals surface area contributed by atoms with Gasteiger partial charge in [-0.15, -0.1) is 0 Å². The standard InChI is InChI=1S/C19H16ClN3OS/c1-12(2)23-18(24)16-8-7-15(20)9-17(16)22-19(23)25-11-14-5-3-13(10-21)4-6-14/h3-9,12H,11H2,1-2H3. The molecule has 0 saturated heterocycles. The first-order chi connectivity index (χ1) is 12.0. The maximum Gasteiger partial charge on any atom is 0.262 e. The first-order valence-corrected chi connectivity index (χ1v) is 9.19. The molecule has 3 aromatic rings. The quantitative estimate of drug-likeness (QED) is 0.489. The molecule has 0 radical (unpaired) electrons. The number of nitrogens with zero attached hydrogens (tertiary/aromatic N) is 3. The lowest BCUT2D eigenvalue weighted by atomic mass is 10.2. The lowest BCUT2D eigenvalue weighted by Crippen LogP contribution is -2.25. The minimum absolute atomic E-state index is 0.00328. The molecule has 0 saturated carbocycles. The van der Waals surface area contributed by atoms with Crippen molar-refractivity contribution in [1.82, 2.24) is 9.55 Å². The average molecular weight is 370 g/mol. The van der Waals surface area contributed by atoms with Gasteiger partial charge < -0.3 is 0 Å². The Hall–Kier alpha value is -2.29. The molecular formula is C19H16ClN3OS. The van der Waals surface area contributed by atoms with E-state index in [0.717, 1.165) is 5.56 Å². The molecule has 0 atom stereocenters. The Bertz CT molecular complexity index is 1020. The second-order valence-corrected chi connectivity index (χ2v) is 7.30. The Labute approximate surface area is 155 Å². The number of fused-ring (bicyclic) bond motifs is 1. The Morgan fingerprint density at radius 2 is 1.96 bits per heavy atom. The highest BCUT2D eigenvalue weighted by Gasteiger charge is 2.14. The van der Waals surface area contributed by atoms with Crippen molar-refractivity contribution in [2.24, 2.45) is 0 Å². The lowest BCUT2D eigenvalue weighted by molar-refractivity contribution is 0.519. The fourth-order valence-electron chi connectivity index (χ4n) is 2.53. The first kappa shape index (κ1) is 17.5. The molecule has 0 fully saturated rings. The van der Waals surface area contributed by atoms with Gasteiger partial charge in [0.15, 0.2) is 5.16 Å². The molecule has 0 bridgehead atoms. The molecular weight excluding hydrogens is 354 g/mol. The zero-order valence-electron chi connectivity index (χ0n) is 13.9. The summed E-state index contributed by atoms with van der Waals surface area (Å²) in [4.78, 5) is 17.5. The minimum atomic E-state index is -0.0565. The molecule has 4 nitrogen and oxygen atoms in total. The van der Waals surface area contributed by atoms with Crippen LogP contribution in [0.25, 0.3) is 10.9 Å². The summed E-state index contributed by atoms with van der Waals surface area (Å²) >= 11 is 7.55. The van der Waals surface area contributed by atoms with Crippen LogP contribution in [0.2, 0.25) is 5.02 Å². The zero-order valence-corrected chi connectivity index (χ0v) is 15.4. The van der Waals surface area contributed by atoms with E-state index in [2.05, 4.69) is 11.1 Å². The van der Waals surface area contributed by atoms with Gasteiger partial charge in [-0.2, -0.15) is 5.26 Å². The Balaban J connectivity index is 2.00. The second-order valence-electron chi connectivity index (χ2n) is 5.92. The van der Waals surface area contributed by atoms with Crippen molar-refractivity contribution < 1.29 is 0 Å². The van der Waals surface area contributed by atoms with Gasteiger partial charge in [0.25, 0.3) is 5.56 Å². The van der Waals surface area contributed by atoms with E-state index < -0.39 is 0 Å². The van der Waals surface area contributed by atoms with Crippen LogP contribution in [-0.4, -0.2) is 9.55 Å². The van der Waals surface area contributed by atoms with Crippen molar-refractivity contribution in [3.8, 4) is 6.07 Å². The molecule has 1 heterocycles. The van der Waals surface area contributed by atoms with Gasteiger partial charge in [0, 0.05) is 16.8 Å². The summed E-state index contributed by atoms with van der Waals surface area (Å²) in [7, 11) is 0. The summed E-state index contributed by atoms with van der Waals surface area (Å²) in [6.45, 7) is 3.94. The summed E-state index contributed by atoms with van der Waals surface area (Å²) in [5.74, 6) is 0.664. The predicted octanol–water partition coefficient (Wildman–Crippen LogP) is 4.79. The fraction of sp³-hybridized carbons (Fsp3) is 0.211. The fourth-order valence-corrected chi connectivity index (χ4v) is 3.78. The van der Waals surface area contributed by atoms with Gasteiger partial charge in [-0.3, -0.25) is 9.36 Å². The summed E-state index contributed by atoms with van der Waals surface area (Å²) in [5.41, 5.74) is 2.25. The lowest BCUT2D eigenvalue weighted by Gasteiger charge is -2.16. The highest BCUT2D eigenvalue weighted by molar-refractivity contribution is 7.98. The third-order valence-electron chi connectivity index (χ3n) is 3.80. The number of nitriles is 1. The van der Waals surface area contributed by atoms with Crippen LogP contribution in [0.15, 0.2) is 52.4 Å². The number of rotatable bonds is 4. The van der Waals surface area contributed by atoms with Crippen molar-refractivity contribution in [1.29, 1.82) is 5.26 Å². The molecule has 0 amide bonds. The SMILES string of the molecule is CC(C)n1c(SCc2ccc(C#N)cc2)nc2cc(Cl)ccc2c1=O.